The van der Waals surface area contributed by atoms with E-state index < -0.39 is 12.6 Å². The lowest BCUT2D eigenvalue weighted by Crippen LogP contribution is -2.32. The first-order valence-corrected chi connectivity index (χ1v) is 6.77. The van der Waals surface area contributed by atoms with Crippen LogP contribution < -0.4 is 5.32 Å². The minimum absolute atomic E-state index is 0.208. The highest BCUT2D eigenvalue weighted by atomic mass is 19.4. The lowest BCUT2D eigenvalue weighted by atomic mass is 9.89. The van der Waals surface area contributed by atoms with Crippen LogP contribution in [0.2, 0.25) is 0 Å². The molecule has 4 heteroatoms. The lowest BCUT2D eigenvalue weighted by molar-refractivity contribution is -0.135. The molecule has 0 spiro atoms. The third kappa shape index (κ3) is 7.63. The third-order valence-corrected chi connectivity index (χ3v) is 3.58. The Morgan fingerprint density at radius 3 is 2.41 bits per heavy atom. The Morgan fingerprint density at radius 1 is 1.18 bits per heavy atom. The fourth-order valence-electron chi connectivity index (χ4n) is 2.47. The summed E-state index contributed by atoms with van der Waals surface area (Å²) in [6.45, 7) is 2.96. The second-order valence-electron chi connectivity index (χ2n) is 5.32. The van der Waals surface area contributed by atoms with Crippen LogP contribution in [0, 0.1) is 5.92 Å². The van der Waals surface area contributed by atoms with Gasteiger partial charge in [0.05, 0.1) is 0 Å². The summed E-state index contributed by atoms with van der Waals surface area (Å²) in [5.74, 6) is 0.744. The molecule has 0 heterocycles. The second kappa shape index (κ2) is 7.24. The summed E-state index contributed by atoms with van der Waals surface area (Å²) in [5.41, 5.74) is 0. The molecule has 0 aromatic heterocycles. The molecule has 1 aliphatic carbocycles. The van der Waals surface area contributed by atoms with Crippen molar-refractivity contribution in [2.75, 3.05) is 6.54 Å². The first-order chi connectivity index (χ1) is 7.97. The maximum absolute atomic E-state index is 12.0. The first kappa shape index (κ1) is 14.8. The van der Waals surface area contributed by atoms with Crippen LogP contribution in [-0.4, -0.2) is 18.8 Å². The van der Waals surface area contributed by atoms with E-state index in [1.807, 2.05) is 6.92 Å². The number of hydrogen-bond acceptors (Lipinski definition) is 1. The maximum Gasteiger partial charge on any atom is 0.389 e. The Hall–Kier alpha value is -0.250. The van der Waals surface area contributed by atoms with Gasteiger partial charge in [-0.3, -0.25) is 0 Å². The maximum atomic E-state index is 12.0. The zero-order chi connectivity index (χ0) is 12.7. The molecule has 102 valence electrons. The highest BCUT2D eigenvalue weighted by Gasteiger charge is 2.26. The van der Waals surface area contributed by atoms with E-state index in [0.29, 0.717) is 6.42 Å². The molecule has 1 nitrogen and oxygen atoms in total. The van der Waals surface area contributed by atoms with Gasteiger partial charge in [-0.25, -0.2) is 0 Å². The normalized spacial score (nSPS) is 20.5. The van der Waals surface area contributed by atoms with E-state index in [1.165, 1.54) is 32.1 Å². The van der Waals surface area contributed by atoms with Crippen molar-refractivity contribution in [3.63, 3.8) is 0 Å². The molecule has 0 bridgehead atoms. The Balaban J connectivity index is 2.02. The second-order valence-corrected chi connectivity index (χ2v) is 5.32. The number of rotatable bonds is 6. The molecule has 1 saturated carbocycles. The van der Waals surface area contributed by atoms with Gasteiger partial charge < -0.3 is 5.32 Å². The number of alkyl halides is 3. The van der Waals surface area contributed by atoms with Crippen LogP contribution in [0.4, 0.5) is 13.2 Å². The Kier molecular flexibility index (Phi) is 6.31. The van der Waals surface area contributed by atoms with Crippen molar-refractivity contribution in [2.45, 2.75) is 70.5 Å². The SMILES string of the molecule is CC(CCCC(F)(F)F)NCC1CCCCC1. The first-order valence-electron chi connectivity index (χ1n) is 6.77. The smallest absolute Gasteiger partial charge is 0.314 e. The number of nitrogens with one attached hydrogen (secondary N) is 1. The average Bonchev–Trinajstić information content (AvgIpc) is 2.26. The number of hydrogen-bond donors (Lipinski definition) is 1. The average molecular weight is 251 g/mol. The summed E-state index contributed by atoms with van der Waals surface area (Å²) in [6, 6.07) is 0.208. The molecular weight excluding hydrogens is 227 g/mol. The standard InChI is InChI=1S/C13H24F3N/c1-11(6-5-9-13(14,15)16)17-10-12-7-3-2-4-8-12/h11-12,17H,2-10H2,1H3. The summed E-state index contributed by atoms with van der Waals surface area (Å²) in [6.07, 6.45) is 2.74. The van der Waals surface area contributed by atoms with E-state index in [2.05, 4.69) is 5.32 Å². The summed E-state index contributed by atoms with van der Waals surface area (Å²) in [5, 5.41) is 3.37. The van der Waals surface area contributed by atoms with Crippen molar-refractivity contribution in [2.24, 2.45) is 5.92 Å². The van der Waals surface area contributed by atoms with Crippen LogP contribution >= 0.6 is 0 Å². The molecule has 0 aromatic rings. The highest BCUT2D eigenvalue weighted by Crippen LogP contribution is 2.24. The Morgan fingerprint density at radius 2 is 1.82 bits per heavy atom. The van der Waals surface area contributed by atoms with Crippen LogP contribution in [0.3, 0.4) is 0 Å². The van der Waals surface area contributed by atoms with Crippen molar-refractivity contribution in [1.82, 2.24) is 5.32 Å². The van der Waals surface area contributed by atoms with E-state index >= 15 is 0 Å². The molecule has 0 saturated heterocycles. The van der Waals surface area contributed by atoms with Crippen LogP contribution in [-0.2, 0) is 0 Å². The third-order valence-electron chi connectivity index (χ3n) is 3.58. The monoisotopic (exact) mass is 251 g/mol. The fraction of sp³-hybridized carbons (Fsp3) is 1.00. The molecule has 1 aliphatic rings. The summed E-state index contributed by atoms with van der Waals surface area (Å²) in [7, 11) is 0. The topological polar surface area (TPSA) is 12.0 Å². The zero-order valence-electron chi connectivity index (χ0n) is 10.7. The van der Waals surface area contributed by atoms with Crippen LogP contribution in [0.1, 0.15) is 58.3 Å². The molecular formula is C13H24F3N. The Bertz CT molecular complexity index is 197. The minimum atomic E-state index is -4.00. The van der Waals surface area contributed by atoms with Gasteiger partial charge in [0.15, 0.2) is 0 Å². The predicted octanol–water partition coefficient (Wildman–Crippen LogP) is 4.28. The molecule has 0 aromatic carbocycles. The van der Waals surface area contributed by atoms with Crippen molar-refractivity contribution < 1.29 is 13.2 Å². The van der Waals surface area contributed by atoms with Gasteiger partial charge in [-0.2, -0.15) is 13.2 Å². The molecule has 1 rings (SSSR count). The van der Waals surface area contributed by atoms with E-state index in [0.717, 1.165) is 12.5 Å². The van der Waals surface area contributed by atoms with E-state index in [9.17, 15) is 13.2 Å². The fourth-order valence-corrected chi connectivity index (χ4v) is 2.47. The number of halogens is 3. The predicted molar refractivity (Wildman–Crippen MR) is 63.9 cm³/mol. The van der Waals surface area contributed by atoms with Crippen molar-refractivity contribution >= 4 is 0 Å². The lowest BCUT2D eigenvalue weighted by Gasteiger charge is -2.24. The van der Waals surface area contributed by atoms with Crippen LogP contribution in [0.5, 0.6) is 0 Å². The van der Waals surface area contributed by atoms with E-state index in [1.54, 1.807) is 0 Å². The molecule has 0 aliphatic heterocycles. The summed E-state index contributed by atoms with van der Waals surface area (Å²) < 4.78 is 35.9. The molecule has 1 fully saturated rings. The van der Waals surface area contributed by atoms with E-state index in [4.69, 9.17) is 0 Å². The van der Waals surface area contributed by atoms with Crippen molar-refractivity contribution in [1.29, 1.82) is 0 Å². The van der Waals surface area contributed by atoms with Gasteiger partial charge in [0.1, 0.15) is 0 Å². The molecule has 17 heavy (non-hydrogen) atoms. The van der Waals surface area contributed by atoms with Gasteiger partial charge >= 0.3 is 6.18 Å². The van der Waals surface area contributed by atoms with E-state index in [-0.39, 0.29) is 12.5 Å². The van der Waals surface area contributed by atoms with Crippen LogP contribution in [0.25, 0.3) is 0 Å². The molecule has 0 radical (unpaired) electrons. The van der Waals surface area contributed by atoms with Crippen molar-refractivity contribution in [3.05, 3.63) is 0 Å². The largest absolute Gasteiger partial charge is 0.389 e. The molecule has 1 unspecified atom stereocenters. The molecule has 1 N–H and O–H groups in total. The summed E-state index contributed by atoms with van der Waals surface area (Å²) >= 11 is 0. The highest BCUT2D eigenvalue weighted by molar-refractivity contribution is 4.70. The quantitative estimate of drug-likeness (QED) is 0.743. The van der Waals surface area contributed by atoms with Gasteiger partial charge in [0.25, 0.3) is 0 Å². The van der Waals surface area contributed by atoms with Crippen LogP contribution in [0.15, 0.2) is 0 Å². The zero-order valence-corrected chi connectivity index (χ0v) is 10.7. The van der Waals surface area contributed by atoms with Gasteiger partial charge in [0, 0.05) is 12.5 Å². The minimum Gasteiger partial charge on any atom is -0.314 e. The van der Waals surface area contributed by atoms with Gasteiger partial charge in [-0.05, 0) is 45.1 Å². The van der Waals surface area contributed by atoms with Gasteiger partial charge in [0.2, 0.25) is 0 Å². The molecule has 0 amide bonds. The Labute approximate surface area is 102 Å². The molecule has 1 atom stereocenters. The van der Waals surface area contributed by atoms with Crippen molar-refractivity contribution in [3.8, 4) is 0 Å². The van der Waals surface area contributed by atoms with Gasteiger partial charge in [-0.15, -0.1) is 0 Å². The summed E-state index contributed by atoms with van der Waals surface area (Å²) in [4.78, 5) is 0. The van der Waals surface area contributed by atoms with Gasteiger partial charge in [-0.1, -0.05) is 19.3 Å².